The largest absolute Gasteiger partial charge is 0.496 e. The Kier molecular flexibility index (Phi) is 4.78. The van der Waals surface area contributed by atoms with Crippen LogP contribution in [0.2, 0.25) is 0 Å². The molecule has 0 aliphatic heterocycles. The van der Waals surface area contributed by atoms with Crippen LogP contribution in [0.4, 0.5) is 0 Å². The van der Waals surface area contributed by atoms with E-state index in [0.29, 0.717) is 11.3 Å². The molecule has 0 aliphatic rings. The lowest BCUT2D eigenvalue weighted by atomic mass is 10.1. The van der Waals surface area contributed by atoms with Crippen LogP contribution in [0.1, 0.15) is 10.4 Å². The van der Waals surface area contributed by atoms with Gasteiger partial charge in [0.25, 0.3) is 0 Å². The first-order valence-corrected chi connectivity index (χ1v) is 8.79. The number of ether oxygens (including phenoxy) is 1. The minimum absolute atomic E-state index is 0.00752. The second-order valence-corrected chi connectivity index (χ2v) is 6.64. The molecule has 0 saturated heterocycles. The topological polar surface area (TPSA) is 57.0 Å². The fourth-order valence-corrected chi connectivity index (χ4v) is 3.68. The van der Waals surface area contributed by atoms with Crippen molar-refractivity contribution >= 4 is 28.9 Å². The van der Waals surface area contributed by atoms with Gasteiger partial charge in [0.1, 0.15) is 5.75 Å². The van der Waals surface area contributed by atoms with Crippen LogP contribution < -0.4 is 4.74 Å². The molecule has 0 aliphatic carbocycles. The number of ketones is 1. The number of Topliss-reactive ketones (excluding diaryl/α,β-unsaturated/α-hetero) is 1. The first-order chi connectivity index (χ1) is 11.2. The molecule has 0 saturated carbocycles. The van der Waals surface area contributed by atoms with E-state index in [-0.39, 0.29) is 11.5 Å². The van der Waals surface area contributed by atoms with E-state index >= 15 is 0 Å². The third-order valence-electron chi connectivity index (χ3n) is 3.32. The molecule has 0 N–H and O–H groups in total. The summed E-state index contributed by atoms with van der Waals surface area (Å²) >= 11 is 2.99. The maximum absolute atomic E-state index is 12.4. The zero-order valence-electron chi connectivity index (χ0n) is 12.7. The van der Waals surface area contributed by atoms with Gasteiger partial charge in [-0.1, -0.05) is 30.0 Å². The maximum Gasteiger partial charge on any atom is 0.191 e. The molecule has 0 fully saturated rings. The van der Waals surface area contributed by atoms with Gasteiger partial charge in [-0.25, -0.2) is 0 Å². The van der Waals surface area contributed by atoms with Crippen LogP contribution in [0.15, 0.2) is 46.9 Å². The van der Waals surface area contributed by atoms with E-state index in [1.54, 1.807) is 30.6 Å². The number of thioether (sulfide) groups is 1. The van der Waals surface area contributed by atoms with Crippen LogP contribution in [0.5, 0.6) is 5.75 Å². The van der Waals surface area contributed by atoms with Gasteiger partial charge in [-0.15, -0.1) is 21.5 Å². The number of para-hydroxylation sites is 1. The summed E-state index contributed by atoms with van der Waals surface area (Å²) in [5.74, 6) is 1.70. The molecular weight excluding hydrogens is 330 g/mol. The lowest BCUT2D eigenvalue weighted by molar-refractivity contribution is 0.101. The molecule has 118 valence electrons. The van der Waals surface area contributed by atoms with Crippen molar-refractivity contribution in [3.63, 3.8) is 0 Å². The molecule has 23 heavy (non-hydrogen) atoms. The summed E-state index contributed by atoms with van der Waals surface area (Å²) in [4.78, 5) is 13.4. The van der Waals surface area contributed by atoms with Gasteiger partial charge >= 0.3 is 0 Å². The highest BCUT2D eigenvalue weighted by Crippen LogP contribution is 2.27. The Bertz CT molecular complexity index is 813. The van der Waals surface area contributed by atoms with Crippen molar-refractivity contribution in [3.8, 4) is 16.5 Å². The summed E-state index contributed by atoms with van der Waals surface area (Å²) in [7, 11) is 3.47. The predicted molar refractivity (Wildman–Crippen MR) is 92.4 cm³/mol. The second-order valence-electron chi connectivity index (χ2n) is 4.75. The SMILES string of the molecule is COc1ccccc1C(=O)CSc1nnc(-c2cccs2)n1C. The summed E-state index contributed by atoms with van der Waals surface area (Å²) in [6.07, 6.45) is 0. The zero-order chi connectivity index (χ0) is 16.2. The number of hydrogen-bond donors (Lipinski definition) is 0. The van der Waals surface area contributed by atoms with Crippen molar-refractivity contribution in [2.24, 2.45) is 7.05 Å². The van der Waals surface area contributed by atoms with Gasteiger partial charge in [0.15, 0.2) is 16.8 Å². The van der Waals surface area contributed by atoms with E-state index in [2.05, 4.69) is 10.2 Å². The molecule has 0 radical (unpaired) electrons. The van der Waals surface area contributed by atoms with Gasteiger partial charge < -0.3 is 9.30 Å². The van der Waals surface area contributed by atoms with Crippen molar-refractivity contribution in [1.29, 1.82) is 0 Å². The number of hydrogen-bond acceptors (Lipinski definition) is 6. The molecule has 3 rings (SSSR count). The van der Waals surface area contributed by atoms with E-state index in [1.807, 2.05) is 41.3 Å². The van der Waals surface area contributed by atoms with E-state index in [4.69, 9.17) is 4.74 Å². The highest BCUT2D eigenvalue weighted by Gasteiger charge is 2.16. The van der Waals surface area contributed by atoms with E-state index in [9.17, 15) is 4.79 Å². The lowest BCUT2D eigenvalue weighted by Gasteiger charge is -2.07. The van der Waals surface area contributed by atoms with Crippen LogP contribution in [-0.2, 0) is 7.05 Å². The molecule has 2 aromatic heterocycles. The maximum atomic E-state index is 12.4. The third kappa shape index (κ3) is 3.30. The molecule has 7 heteroatoms. The average molecular weight is 345 g/mol. The quantitative estimate of drug-likeness (QED) is 0.505. The Morgan fingerprint density at radius 3 is 2.83 bits per heavy atom. The first-order valence-electron chi connectivity index (χ1n) is 6.93. The fraction of sp³-hybridized carbons (Fsp3) is 0.188. The van der Waals surface area contributed by atoms with Crippen molar-refractivity contribution in [2.45, 2.75) is 5.16 Å². The van der Waals surface area contributed by atoms with Crippen LogP contribution in [0.25, 0.3) is 10.7 Å². The molecule has 2 heterocycles. The highest BCUT2D eigenvalue weighted by molar-refractivity contribution is 7.99. The molecular formula is C16H15N3O2S2. The number of benzene rings is 1. The number of carbonyl (C=O) groups is 1. The number of rotatable bonds is 6. The molecule has 0 amide bonds. The van der Waals surface area contributed by atoms with E-state index in [0.717, 1.165) is 15.9 Å². The number of methoxy groups -OCH3 is 1. The van der Waals surface area contributed by atoms with Gasteiger partial charge in [0.05, 0.1) is 23.3 Å². The van der Waals surface area contributed by atoms with Crippen molar-refractivity contribution in [1.82, 2.24) is 14.8 Å². The summed E-state index contributed by atoms with van der Waals surface area (Å²) in [6, 6.07) is 11.2. The normalized spacial score (nSPS) is 10.7. The Labute approximate surface area is 142 Å². The molecule has 1 aromatic carbocycles. The van der Waals surface area contributed by atoms with Gasteiger partial charge in [-0.3, -0.25) is 4.79 Å². The lowest BCUT2D eigenvalue weighted by Crippen LogP contribution is -2.06. The molecule has 5 nitrogen and oxygen atoms in total. The number of aromatic nitrogens is 3. The summed E-state index contributed by atoms with van der Waals surface area (Å²) in [5, 5.41) is 11.1. The van der Waals surface area contributed by atoms with Crippen LogP contribution in [-0.4, -0.2) is 33.4 Å². The first kappa shape index (κ1) is 15.8. The summed E-state index contributed by atoms with van der Waals surface area (Å²) in [6.45, 7) is 0. The average Bonchev–Trinajstić information content (AvgIpc) is 3.22. The summed E-state index contributed by atoms with van der Waals surface area (Å²) < 4.78 is 7.14. The molecule has 0 unspecified atom stereocenters. The summed E-state index contributed by atoms with van der Waals surface area (Å²) in [5.41, 5.74) is 0.586. The second kappa shape index (κ2) is 6.97. The van der Waals surface area contributed by atoms with E-state index < -0.39 is 0 Å². The van der Waals surface area contributed by atoms with Crippen molar-refractivity contribution < 1.29 is 9.53 Å². The van der Waals surface area contributed by atoms with Crippen LogP contribution in [0.3, 0.4) is 0 Å². The molecule has 0 atom stereocenters. The van der Waals surface area contributed by atoms with E-state index in [1.165, 1.54) is 11.8 Å². The number of nitrogens with zero attached hydrogens (tertiary/aromatic N) is 3. The highest BCUT2D eigenvalue weighted by atomic mass is 32.2. The molecule has 0 bridgehead atoms. The van der Waals surface area contributed by atoms with Crippen molar-refractivity contribution in [2.75, 3.05) is 12.9 Å². The standard InChI is InChI=1S/C16H15N3O2S2/c1-19-15(14-8-5-9-22-14)17-18-16(19)23-10-12(20)11-6-3-4-7-13(11)21-2/h3-9H,10H2,1-2H3. The number of thiophene rings is 1. The third-order valence-corrected chi connectivity index (χ3v) is 5.20. The zero-order valence-corrected chi connectivity index (χ0v) is 14.4. The van der Waals surface area contributed by atoms with Gasteiger partial charge in [0.2, 0.25) is 0 Å². The Morgan fingerprint density at radius 1 is 1.26 bits per heavy atom. The van der Waals surface area contributed by atoms with Crippen LogP contribution in [0, 0.1) is 0 Å². The van der Waals surface area contributed by atoms with Gasteiger partial charge in [-0.05, 0) is 23.6 Å². The molecule has 0 spiro atoms. The minimum Gasteiger partial charge on any atom is -0.496 e. The number of carbonyl (C=O) groups excluding carboxylic acids is 1. The Hall–Kier alpha value is -2.12. The smallest absolute Gasteiger partial charge is 0.191 e. The predicted octanol–water partition coefficient (Wildman–Crippen LogP) is 3.53. The van der Waals surface area contributed by atoms with Gasteiger partial charge in [-0.2, -0.15) is 0 Å². The fourth-order valence-electron chi connectivity index (χ4n) is 2.14. The Morgan fingerprint density at radius 2 is 2.09 bits per heavy atom. The van der Waals surface area contributed by atoms with Crippen LogP contribution >= 0.6 is 23.1 Å². The monoisotopic (exact) mass is 345 g/mol. The minimum atomic E-state index is 0.00752. The molecule has 3 aromatic rings. The van der Waals surface area contributed by atoms with Crippen molar-refractivity contribution in [3.05, 3.63) is 47.3 Å². The Balaban J connectivity index is 1.73. The van der Waals surface area contributed by atoms with Gasteiger partial charge in [0, 0.05) is 7.05 Å².